The average molecular weight is 246 g/mol. The van der Waals surface area contributed by atoms with Gasteiger partial charge in [-0.1, -0.05) is 6.07 Å². The largest absolute Gasteiger partial charge is 0.441 e. The van der Waals surface area contributed by atoms with E-state index in [1.807, 2.05) is 43.9 Å². The number of benzene rings is 1. The Balaban J connectivity index is 2.18. The molecule has 4 heteroatoms. The maximum atomic E-state index is 12.0. The number of carbonyl (C=O) groups excluding carboxylic acids is 1. The number of nitrogens with zero attached hydrogens (tertiary/aromatic N) is 2. The second-order valence-corrected chi connectivity index (χ2v) is 4.28. The Morgan fingerprint density at radius 3 is 2.72 bits per heavy atom. The van der Waals surface area contributed by atoms with Crippen LogP contribution in [0.3, 0.4) is 0 Å². The van der Waals surface area contributed by atoms with Gasteiger partial charge in [0.05, 0.1) is 6.42 Å². The van der Waals surface area contributed by atoms with Crippen molar-refractivity contribution in [3.05, 3.63) is 29.7 Å². The van der Waals surface area contributed by atoms with E-state index in [-0.39, 0.29) is 5.91 Å². The first-order valence-corrected chi connectivity index (χ1v) is 6.28. The highest BCUT2D eigenvalue weighted by atomic mass is 16.3. The van der Waals surface area contributed by atoms with Crippen molar-refractivity contribution in [1.29, 1.82) is 0 Å². The monoisotopic (exact) mass is 246 g/mol. The third-order valence-electron chi connectivity index (χ3n) is 3.03. The molecule has 1 heterocycles. The zero-order valence-electron chi connectivity index (χ0n) is 11.1. The van der Waals surface area contributed by atoms with Gasteiger partial charge in [0.2, 0.25) is 5.91 Å². The third-order valence-corrected chi connectivity index (χ3v) is 3.03. The fraction of sp³-hybridized carbons (Fsp3) is 0.429. The van der Waals surface area contributed by atoms with Crippen LogP contribution in [0.5, 0.6) is 0 Å². The van der Waals surface area contributed by atoms with Crippen molar-refractivity contribution in [2.24, 2.45) is 0 Å². The van der Waals surface area contributed by atoms with Crippen molar-refractivity contribution in [1.82, 2.24) is 9.88 Å². The molecule has 1 amide bonds. The van der Waals surface area contributed by atoms with Gasteiger partial charge >= 0.3 is 0 Å². The lowest BCUT2D eigenvalue weighted by Crippen LogP contribution is -2.31. The summed E-state index contributed by atoms with van der Waals surface area (Å²) in [6.07, 6.45) is 0.414. The van der Waals surface area contributed by atoms with Crippen LogP contribution in [0.15, 0.2) is 22.6 Å². The molecule has 2 rings (SSSR count). The maximum Gasteiger partial charge on any atom is 0.226 e. The van der Waals surface area contributed by atoms with E-state index in [9.17, 15) is 4.79 Å². The number of rotatable bonds is 4. The first-order chi connectivity index (χ1) is 8.63. The number of carbonyl (C=O) groups is 1. The van der Waals surface area contributed by atoms with Crippen molar-refractivity contribution in [3.8, 4) is 0 Å². The summed E-state index contributed by atoms with van der Waals surface area (Å²) in [6.45, 7) is 7.30. The number of oxazole rings is 1. The summed E-state index contributed by atoms with van der Waals surface area (Å²) < 4.78 is 5.47. The molecule has 4 nitrogen and oxygen atoms in total. The summed E-state index contributed by atoms with van der Waals surface area (Å²) in [5.74, 6) is 0.799. The highest BCUT2D eigenvalue weighted by molar-refractivity contribution is 5.81. The Labute approximate surface area is 107 Å². The Bertz CT molecular complexity index is 556. The van der Waals surface area contributed by atoms with Crippen LogP contribution in [0.25, 0.3) is 11.1 Å². The van der Waals surface area contributed by atoms with Crippen molar-refractivity contribution >= 4 is 17.0 Å². The van der Waals surface area contributed by atoms with Gasteiger partial charge in [0.15, 0.2) is 11.5 Å². The van der Waals surface area contributed by atoms with Crippen LogP contribution in [0, 0.1) is 6.92 Å². The number of hydrogen-bond donors (Lipinski definition) is 0. The zero-order chi connectivity index (χ0) is 13.1. The van der Waals surface area contributed by atoms with Crippen molar-refractivity contribution in [3.63, 3.8) is 0 Å². The minimum absolute atomic E-state index is 0.149. The molecule has 0 aliphatic heterocycles. The smallest absolute Gasteiger partial charge is 0.226 e. The average Bonchev–Trinajstić information content (AvgIpc) is 2.70. The van der Waals surface area contributed by atoms with E-state index in [0.717, 1.165) is 29.8 Å². The summed E-state index contributed by atoms with van der Waals surface area (Å²) in [5.41, 5.74) is 2.56. The minimum Gasteiger partial charge on any atom is -0.441 e. The van der Waals surface area contributed by atoms with Crippen molar-refractivity contribution in [2.45, 2.75) is 27.2 Å². The molecule has 0 fully saturated rings. The van der Waals surface area contributed by atoms with Gasteiger partial charge in [0.25, 0.3) is 0 Å². The normalized spacial score (nSPS) is 10.8. The lowest BCUT2D eigenvalue weighted by Gasteiger charge is -2.18. The Morgan fingerprint density at radius 2 is 2.06 bits per heavy atom. The quantitative estimate of drug-likeness (QED) is 0.832. The van der Waals surface area contributed by atoms with E-state index in [1.165, 1.54) is 0 Å². The number of amides is 1. The predicted molar refractivity (Wildman–Crippen MR) is 70.4 cm³/mol. The van der Waals surface area contributed by atoms with E-state index >= 15 is 0 Å². The second kappa shape index (κ2) is 5.21. The van der Waals surface area contributed by atoms with E-state index in [2.05, 4.69) is 4.98 Å². The highest BCUT2D eigenvalue weighted by Crippen LogP contribution is 2.17. The maximum absolute atomic E-state index is 12.0. The van der Waals surface area contributed by atoms with Crippen LogP contribution >= 0.6 is 0 Å². The van der Waals surface area contributed by atoms with Gasteiger partial charge in [-0.15, -0.1) is 0 Å². The van der Waals surface area contributed by atoms with Crippen molar-refractivity contribution < 1.29 is 9.21 Å². The Hall–Kier alpha value is -1.84. The molecule has 18 heavy (non-hydrogen) atoms. The van der Waals surface area contributed by atoms with Gasteiger partial charge in [-0.25, -0.2) is 4.98 Å². The van der Waals surface area contributed by atoms with E-state index < -0.39 is 0 Å². The molecule has 0 bridgehead atoms. The van der Waals surface area contributed by atoms with Gasteiger partial charge in [-0.05, 0) is 31.5 Å². The van der Waals surface area contributed by atoms with Gasteiger partial charge in [0.1, 0.15) is 5.52 Å². The van der Waals surface area contributed by atoms with Crippen LogP contribution in [0.4, 0.5) is 0 Å². The topological polar surface area (TPSA) is 46.3 Å². The number of aromatic nitrogens is 1. The molecule has 0 atom stereocenters. The number of aryl methyl sites for hydroxylation is 1. The van der Waals surface area contributed by atoms with E-state index in [0.29, 0.717) is 12.3 Å². The number of fused-ring (bicyclic) bond motifs is 1. The predicted octanol–water partition coefficient (Wildman–Crippen LogP) is 2.55. The third kappa shape index (κ3) is 2.53. The highest BCUT2D eigenvalue weighted by Gasteiger charge is 2.11. The first-order valence-electron chi connectivity index (χ1n) is 6.28. The van der Waals surface area contributed by atoms with Crippen LogP contribution in [-0.4, -0.2) is 28.9 Å². The first kappa shape index (κ1) is 12.6. The molecular formula is C14H18N2O2. The molecule has 0 N–H and O–H groups in total. The summed E-state index contributed by atoms with van der Waals surface area (Å²) in [6, 6.07) is 5.74. The zero-order valence-corrected chi connectivity index (χ0v) is 11.1. The fourth-order valence-electron chi connectivity index (χ4n) is 2.06. The molecule has 0 spiro atoms. The molecule has 1 aromatic carbocycles. The second-order valence-electron chi connectivity index (χ2n) is 4.28. The molecule has 0 radical (unpaired) electrons. The van der Waals surface area contributed by atoms with Gasteiger partial charge < -0.3 is 9.32 Å². The number of hydrogen-bond acceptors (Lipinski definition) is 3. The molecule has 96 valence electrons. The summed E-state index contributed by atoms with van der Waals surface area (Å²) in [5, 5.41) is 0. The minimum atomic E-state index is 0.149. The molecule has 0 aliphatic carbocycles. The molecule has 2 aromatic rings. The summed E-state index contributed by atoms with van der Waals surface area (Å²) >= 11 is 0. The summed E-state index contributed by atoms with van der Waals surface area (Å²) in [7, 11) is 0. The van der Waals surface area contributed by atoms with Gasteiger partial charge in [-0.2, -0.15) is 0 Å². The standard InChI is InChI=1S/C14H18N2O2/c1-4-16(5-2)14(17)9-11-6-7-12-13(8-11)18-10(3)15-12/h6-8H,4-5,9H2,1-3H3. The number of likely N-dealkylation sites (N-methyl/N-ethyl adjacent to an activating group) is 1. The van der Waals surface area contributed by atoms with Gasteiger partial charge in [0, 0.05) is 20.0 Å². The van der Waals surface area contributed by atoms with E-state index in [1.54, 1.807) is 0 Å². The SMILES string of the molecule is CCN(CC)C(=O)Cc1ccc2nc(C)oc2c1. The molecule has 0 unspecified atom stereocenters. The fourth-order valence-corrected chi connectivity index (χ4v) is 2.06. The van der Waals surface area contributed by atoms with Crippen LogP contribution in [0.1, 0.15) is 25.3 Å². The Morgan fingerprint density at radius 1 is 1.33 bits per heavy atom. The lowest BCUT2D eigenvalue weighted by molar-refractivity contribution is -0.130. The molecule has 0 saturated heterocycles. The molecule has 0 saturated carbocycles. The van der Waals surface area contributed by atoms with Crippen LogP contribution in [-0.2, 0) is 11.2 Å². The van der Waals surface area contributed by atoms with E-state index in [4.69, 9.17) is 4.42 Å². The molecule has 1 aromatic heterocycles. The summed E-state index contributed by atoms with van der Waals surface area (Å²) in [4.78, 5) is 18.1. The van der Waals surface area contributed by atoms with Crippen LogP contribution in [0.2, 0.25) is 0 Å². The lowest BCUT2D eigenvalue weighted by atomic mass is 10.1. The molecule has 0 aliphatic rings. The molecular weight excluding hydrogens is 228 g/mol. The van der Waals surface area contributed by atoms with Gasteiger partial charge in [-0.3, -0.25) is 4.79 Å². The van der Waals surface area contributed by atoms with Crippen LogP contribution < -0.4 is 0 Å². The Kier molecular flexibility index (Phi) is 3.65. The van der Waals surface area contributed by atoms with Crippen molar-refractivity contribution in [2.75, 3.05) is 13.1 Å².